The summed E-state index contributed by atoms with van der Waals surface area (Å²) < 4.78 is 1.52. The van der Waals surface area contributed by atoms with E-state index in [1.165, 1.54) is 16.3 Å². The molecule has 0 saturated carbocycles. The standard InChI is InChI=1S/C11H11N5OS/c1-2-16-10(17)14-15-11(16)18-9-4-3-7(6-12)5-8(9)13/h3-5H,2,13H2,1H3,(H,14,17). The summed E-state index contributed by atoms with van der Waals surface area (Å²) in [5, 5.41) is 15.6. The molecule has 0 saturated heterocycles. The molecule has 0 aliphatic rings. The Morgan fingerprint density at radius 1 is 1.61 bits per heavy atom. The Morgan fingerprint density at radius 3 is 3.00 bits per heavy atom. The van der Waals surface area contributed by atoms with Crippen LogP contribution in [0.3, 0.4) is 0 Å². The molecule has 3 N–H and O–H groups in total. The first-order valence-electron chi connectivity index (χ1n) is 5.28. The third kappa shape index (κ3) is 2.24. The van der Waals surface area contributed by atoms with E-state index in [1.54, 1.807) is 18.2 Å². The molecule has 0 unspecified atom stereocenters. The second-order valence-electron chi connectivity index (χ2n) is 3.52. The Bertz CT molecular complexity index is 667. The fraction of sp³-hybridized carbons (Fsp3) is 0.182. The van der Waals surface area contributed by atoms with Gasteiger partial charge < -0.3 is 5.73 Å². The van der Waals surface area contributed by atoms with Crippen molar-refractivity contribution in [3.05, 3.63) is 34.2 Å². The van der Waals surface area contributed by atoms with Crippen LogP contribution in [0.4, 0.5) is 5.69 Å². The van der Waals surface area contributed by atoms with Gasteiger partial charge in [-0.25, -0.2) is 9.89 Å². The quantitative estimate of drug-likeness (QED) is 0.808. The second-order valence-corrected chi connectivity index (χ2v) is 4.53. The van der Waals surface area contributed by atoms with Crippen LogP contribution in [0.5, 0.6) is 0 Å². The van der Waals surface area contributed by atoms with Crippen LogP contribution >= 0.6 is 11.8 Å². The molecule has 1 heterocycles. The summed E-state index contributed by atoms with van der Waals surface area (Å²) in [6.45, 7) is 2.40. The van der Waals surface area contributed by atoms with Gasteiger partial charge in [-0.3, -0.25) is 4.57 Å². The van der Waals surface area contributed by atoms with Crippen molar-refractivity contribution in [2.24, 2.45) is 0 Å². The SMILES string of the molecule is CCn1c(Sc2ccc(C#N)cc2N)n[nH]c1=O. The van der Waals surface area contributed by atoms with E-state index in [4.69, 9.17) is 11.0 Å². The van der Waals surface area contributed by atoms with E-state index in [0.717, 1.165) is 4.90 Å². The van der Waals surface area contributed by atoms with Gasteiger partial charge in [-0.2, -0.15) is 5.26 Å². The lowest BCUT2D eigenvalue weighted by Crippen LogP contribution is -2.16. The molecule has 0 bridgehead atoms. The predicted molar refractivity (Wildman–Crippen MR) is 68.2 cm³/mol. The molecule has 92 valence electrons. The topological polar surface area (TPSA) is 100 Å². The zero-order valence-electron chi connectivity index (χ0n) is 9.67. The molecule has 6 nitrogen and oxygen atoms in total. The van der Waals surface area contributed by atoms with Crippen molar-refractivity contribution in [3.8, 4) is 6.07 Å². The van der Waals surface area contributed by atoms with Gasteiger partial charge in [-0.15, -0.1) is 5.10 Å². The van der Waals surface area contributed by atoms with E-state index < -0.39 is 0 Å². The van der Waals surface area contributed by atoms with Gasteiger partial charge in [-0.05, 0) is 36.9 Å². The highest BCUT2D eigenvalue weighted by Crippen LogP contribution is 2.30. The molecule has 0 atom stereocenters. The highest BCUT2D eigenvalue weighted by Gasteiger charge is 2.10. The Kier molecular flexibility index (Phi) is 3.39. The minimum absolute atomic E-state index is 0.243. The van der Waals surface area contributed by atoms with Gasteiger partial charge in [-0.1, -0.05) is 0 Å². The van der Waals surface area contributed by atoms with Crippen LogP contribution in [0.2, 0.25) is 0 Å². The van der Waals surface area contributed by atoms with E-state index in [1.807, 2.05) is 13.0 Å². The molecule has 0 spiro atoms. The summed E-state index contributed by atoms with van der Waals surface area (Å²) in [5.41, 5.74) is 6.61. The van der Waals surface area contributed by atoms with Crippen molar-refractivity contribution in [1.82, 2.24) is 14.8 Å². The fourth-order valence-corrected chi connectivity index (χ4v) is 2.39. The Labute approximate surface area is 107 Å². The summed E-state index contributed by atoms with van der Waals surface area (Å²) in [6.07, 6.45) is 0. The first-order chi connectivity index (χ1) is 8.65. The van der Waals surface area contributed by atoms with Crippen LogP contribution in [0.1, 0.15) is 12.5 Å². The molecule has 0 fully saturated rings. The molecule has 18 heavy (non-hydrogen) atoms. The zero-order chi connectivity index (χ0) is 13.1. The van der Waals surface area contributed by atoms with E-state index in [0.29, 0.717) is 23.0 Å². The maximum Gasteiger partial charge on any atom is 0.343 e. The monoisotopic (exact) mass is 261 g/mol. The van der Waals surface area contributed by atoms with Crippen LogP contribution in [0, 0.1) is 11.3 Å². The van der Waals surface area contributed by atoms with Crippen molar-refractivity contribution >= 4 is 17.4 Å². The lowest BCUT2D eigenvalue weighted by Gasteiger charge is -2.05. The van der Waals surface area contributed by atoms with Crippen molar-refractivity contribution in [2.45, 2.75) is 23.5 Å². The normalized spacial score (nSPS) is 10.2. The number of benzene rings is 1. The molecule has 1 aromatic heterocycles. The fourth-order valence-electron chi connectivity index (χ4n) is 1.47. The van der Waals surface area contributed by atoms with Gasteiger partial charge in [0.15, 0.2) is 5.16 Å². The van der Waals surface area contributed by atoms with E-state index in [9.17, 15) is 4.79 Å². The van der Waals surface area contributed by atoms with Gasteiger partial charge in [0.25, 0.3) is 0 Å². The summed E-state index contributed by atoms with van der Waals surface area (Å²) in [5.74, 6) is 0. The Morgan fingerprint density at radius 2 is 2.39 bits per heavy atom. The third-order valence-corrected chi connectivity index (χ3v) is 3.47. The molecule has 7 heteroatoms. The van der Waals surface area contributed by atoms with Crippen molar-refractivity contribution in [1.29, 1.82) is 5.26 Å². The number of nitriles is 1. The van der Waals surface area contributed by atoms with Crippen molar-refractivity contribution in [3.63, 3.8) is 0 Å². The number of nitrogens with one attached hydrogen (secondary N) is 1. The molecule has 0 radical (unpaired) electrons. The number of nitrogens with zero attached hydrogens (tertiary/aromatic N) is 3. The van der Waals surface area contributed by atoms with Crippen molar-refractivity contribution < 1.29 is 0 Å². The highest BCUT2D eigenvalue weighted by molar-refractivity contribution is 7.99. The van der Waals surface area contributed by atoms with Crippen molar-refractivity contribution in [2.75, 3.05) is 5.73 Å². The average molecular weight is 261 g/mol. The zero-order valence-corrected chi connectivity index (χ0v) is 10.5. The van der Waals surface area contributed by atoms with Gasteiger partial charge in [0.1, 0.15) is 0 Å². The summed E-state index contributed by atoms with van der Waals surface area (Å²) >= 11 is 1.29. The Balaban J connectivity index is 2.35. The molecule has 2 rings (SSSR count). The first kappa shape index (κ1) is 12.3. The van der Waals surface area contributed by atoms with E-state index >= 15 is 0 Å². The largest absolute Gasteiger partial charge is 0.398 e. The number of nitrogens with two attached hydrogens (primary N) is 1. The number of aromatic amines is 1. The van der Waals surface area contributed by atoms with Crippen LogP contribution in [0.25, 0.3) is 0 Å². The maximum absolute atomic E-state index is 11.4. The maximum atomic E-state index is 11.4. The van der Waals surface area contributed by atoms with Gasteiger partial charge in [0, 0.05) is 17.1 Å². The number of H-pyrrole nitrogens is 1. The van der Waals surface area contributed by atoms with Crippen LogP contribution in [-0.2, 0) is 6.54 Å². The molecule has 1 aromatic carbocycles. The lowest BCUT2D eigenvalue weighted by atomic mass is 10.2. The number of rotatable bonds is 3. The summed E-state index contributed by atoms with van der Waals surface area (Å²) in [4.78, 5) is 12.2. The summed E-state index contributed by atoms with van der Waals surface area (Å²) in [7, 11) is 0. The molecular formula is C11H11N5OS. The predicted octanol–water partition coefficient (Wildman–Crippen LogP) is 1.20. The minimum atomic E-state index is -0.243. The lowest BCUT2D eigenvalue weighted by molar-refractivity contribution is 0.660. The van der Waals surface area contributed by atoms with E-state index in [2.05, 4.69) is 10.2 Å². The van der Waals surface area contributed by atoms with Crippen LogP contribution in [0.15, 0.2) is 33.0 Å². The van der Waals surface area contributed by atoms with Crippen LogP contribution < -0.4 is 11.4 Å². The number of anilines is 1. The van der Waals surface area contributed by atoms with Gasteiger partial charge >= 0.3 is 5.69 Å². The van der Waals surface area contributed by atoms with E-state index in [-0.39, 0.29) is 5.69 Å². The Hall–Kier alpha value is -2.20. The minimum Gasteiger partial charge on any atom is -0.398 e. The molecular weight excluding hydrogens is 250 g/mol. The molecule has 2 aromatic rings. The third-order valence-electron chi connectivity index (χ3n) is 2.38. The van der Waals surface area contributed by atoms with Gasteiger partial charge in [0.2, 0.25) is 0 Å². The van der Waals surface area contributed by atoms with Crippen LogP contribution in [-0.4, -0.2) is 14.8 Å². The number of hydrogen-bond donors (Lipinski definition) is 2. The number of nitrogen functional groups attached to an aromatic ring is 1. The molecule has 0 amide bonds. The second kappa shape index (κ2) is 4.98. The van der Waals surface area contributed by atoms with Gasteiger partial charge in [0.05, 0.1) is 11.6 Å². The average Bonchev–Trinajstić information content (AvgIpc) is 2.72. The number of aromatic nitrogens is 3. The summed E-state index contributed by atoms with van der Waals surface area (Å²) in [6, 6.07) is 7.05. The first-order valence-corrected chi connectivity index (χ1v) is 6.10. The smallest absolute Gasteiger partial charge is 0.343 e. The highest BCUT2D eigenvalue weighted by atomic mass is 32.2. The number of hydrogen-bond acceptors (Lipinski definition) is 5. The molecule has 0 aliphatic carbocycles. The molecule has 0 aliphatic heterocycles.